The van der Waals surface area contributed by atoms with E-state index in [-0.39, 0.29) is 35.6 Å². The van der Waals surface area contributed by atoms with Crippen molar-refractivity contribution in [2.75, 3.05) is 7.05 Å². The van der Waals surface area contributed by atoms with Gasteiger partial charge in [-0.2, -0.15) is 0 Å². The van der Waals surface area contributed by atoms with Gasteiger partial charge in [-0.25, -0.2) is 4.39 Å². The second kappa shape index (κ2) is 7.87. The first-order valence-corrected chi connectivity index (χ1v) is 10.2. The van der Waals surface area contributed by atoms with Crippen LogP contribution in [0.1, 0.15) is 56.4 Å². The smallest absolute Gasteiger partial charge is 0.223 e. The van der Waals surface area contributed by atoms with E-state index in [9.17, 15) is 9.18 Å². The van der Waals surface area contributed by atoms with E-state index >= 15 is 0 Å². The molecule has 0 spiro atoms. The Hall–Kier alpha value is -2.11. The molecule has 0 saturated heterocycles. The molecule has 3 aliphatic carbocycles. The van der Waals surface area contributed by atoms with Gasteiger partial charge in [-0.3, -0.25) is 9.79 Å². The normalized spacial score (nSPS) is 30.5. The summed E-state index contributed by atoms with van der Waals surface area (Å²) in [5.41, 5.74) is 0.778. The molecule has 3 aliphatic rings. The predicted octanol–water partition coefficient (Wildman–Crippen LogP) is 2.68. The van der Waals surface area contributed by atoms with Gasteiger partial charge in [0.1, 0.15) is 5.82 Å². The Morgan fingerprint density at radius 2 is 1.85 bits per heavy atom. The van der Waals surface area contributed by atoms with Gasteiger partial charge in [0.05, 0.1) is 0 Å². The summed E-state index contributed by atoms with van der Waals surface area (Å²) in [6.07, 6.45) is 7.09. The molecule has 4 atom stereocenters. The zero-order chi connectivity index (χ0) is 18.8. The molecule has 1 aromatic rings. The number of hydrogen-bond acceptors (Lipinski definition) is 2. The van der Waals surface area contributed by atoms with Crippen molar-refractivity contribution < 1.29 is 9.18 Å². The minimum atomic E-state index is -0.133. The van der Waals surface area contributed by atoms with E-state index in [4.69, 9.17) is 0 Å². The van der Waals surface area contributed by atoms with E-state index in [0.29, 0.717) is 6.04 Å². The topological polar surface area (TPSA) is 65.5 Å². The van der Waals surface area contributed by atoms with Crippen molar-refractivity contribution in [1.82, 2.24) is 16.0 Å². The molecule has 6 heteroatoms. The van der Waals surface area contributed by atoms with E-state index in [1.165, 1.54) is 6.07 Å². The molecule has 0 aliphatic heterocycles. The molecule has 3 fully saturated rings. The third-order valence-corrected chi connectivity index (χ3v) is 5.95. The van der Waals surface area contributed by atoms with Crippen molar-refractivity contribution in [3.63, 3.8) is 0 Å². The lowest BCUT2D eigenvalue weighted by atomic mass is 9.85. The van der Waals surface area contributed by atoms with Crippen LogP contribution in [-0.4, -0.2) is 37.0 Å². The molecule has 146 valence electrons. The molecule has 1 aromatic carbocycles. The van der Waals surface area contributed by atoms with Crippen LogP contribution in [0.15, 0.2) is 29.3 Å². The molecule has 5 nitrogen and oxygen atoms in total. The number of nitrogens with zero attached hydrogens (tertiary/aromatic N) is 1. The number of amides is 1. The van der Waals surface area contributed by atoms with Crippen LogP contribution in [0.5, 0.6) is 0 Å². The number of benzene rings is 1. The standard InChI is InChI=1S/C21H29FN4O/c1-23-21(26-19-12-17(19)16-7-2-3-8-18(16)22)25-15-6-4-5-13(11-15)20(27)24-14-9-10-14/h2-3,7-8,13-15,17,19H,4-6,9-12H2,1H3,(H,24,27)(H2,23,25,26). The summed E-state index contributed by atoms with van der Waals surface area (Å²) in [6, 6.07) is 7.88. The number of hydrogen-bond donors (Lipinski definition) is 3. The SMILES string of the molecule is CN=C(NC1CCCC(C(=O)NC2CC2)C1)NC1CC1c1ccccc1F. The fourth-order valence-corrected chi connectivity index (χ4v) is 4.12. The minimum Gasteiger partial charge on any atom is -0.354 e. The van der Waals surface area contributed by atoms with Gasteiger partial charge in [-0.15, -0.1) is 0 Å². The summed E-state index contributed by atoms with van der Waals surface area (Å²) in [4.78, 5) is 16.7. The maximum atomic E-state index is 13.9. The fourth-order valence-electron chi connectivity index (χ4n) is 4.12. The highest BCUT2D eigenvalue weighted by molar-refractivity contribution is 5.82. The number of guanidine groups is 1. The third kappa shape index (κ3) is 4.60. The van der Waals surface area contributed by atoms with E-state index < -0.39 is 0 Å². The quantitative estimate of drug-likeness (QED) is 0.550. The van der Waals surface area contributed by atoms with Crippen LogP contribution in [0.3, 0.4) is 0 Å². The largest absolute Gasteiger partial charge is 0.354 e. The summed E-state index contributed by atoms with van der Waals surface area (Å²) in [6.45, 7) is 0. The van der Waals surface area contributed by atoms with Crippen molar-refractivity contribution in [3.8, 4) is 0 Å². The first kappa shape index (κ1) is 18.3. The lowest BCUT2D eigenvalue weighted by molar-refractivity contribution is -0.126. The zero-order valence-corrected chi connectivity index (χ0v) is 15.9. The van der Waals surface area contributed by atoms with Crippen LogP contribution >= 0.6 is 0 Å². The summed E-state index contributed by atoms with van der Waals surface area (Å²) in [5, 5.41) is 10.0. The van der Waals surface area contributed by atoms with Crippen molar-refractivity contribution in [3.05, 3.63) is 35.6 Å². The van der Waals surface area contributed by atoms with Crippen LogP contribution in [0.4, 0.5) is 4.39 Å². The van der Waals surface area contributed by atoms with E-state index in [0.717, 1.165) is 56.5 Å². The van der Waals surface area contributed by atoms with Gasteiger partial charge in [0, 0.05) is 37.0 Å². The van der Waals surface area contributed by atoms with E-state index in [1.54, 1.807) is 13.1 Å². The molecule has 27 heavy (non-hydrogen) atoms. The average Bonchev–Trinajstić information content (AvgIpc) is 3.59. The van der Waals surface area contributed by atoms with Gasteiger partial charge in [0.25, 0.3) is 0 Å². The van der Waals surface area contributed by atoms with Crippen molar-refractivity contribution in [1.29, 1.82) is 0 Å². The predicted molar refractivity (Wildman–Crippen MR) is 104 cm³/mol. The summed E-state index contributed by atoms with van der Waals surface area (Å²) < 4.78 is 13.9. The van der Waals surface area contributed by atoms with Crippen LogP contribution in [0, 0.1) is 11.7 Å². The Bertz CT molecular complexity index is 718. The van der Waals surface area contributed by atoms with E-state index in [2.05, 4.69) is 20.9 Å². The Balaban J connectivity index is 1.28. The molecule has 4 unspecified atom stereocenters. The number of halogens is 1. The zero-order valence-electron chi connectivity index (χ0n) is 15.9. The Morgan fingerprint density at radius 1 is 1.04 bits per heavy atom. The Labute approximate surface area is 160 Å². The van der Waals surface area contributed by atoms with Gasteiger partial charge in [0.15, 0.2) is 5.96 Å². The number of rotatable bonds is 5. The summed E-state index contributed by atoms with van der Waals surface area (Å²) in [7, 11) is 1.76. The molecule has 0 radical (unpaired) electrons. The lowest BCUT2D eigenvalue weighted by Crippen LogP contribution is -2.48. The van der Waals surface area contributed by atoms with Crippen LogP contribution < -0.4 is 16.0 Å². The molecule has 4 rings (SSSR count). The second-order valence-corrected chi connectivity index (χ2v) is 8.17. The highest BCUT2D eigenvalue weighted by Crippen LogP contribution is 2.41. The van der Waals surface area contributed by atoms with Crippen molar-refractivity contribution in [2.24, 2.45) is 10.9 Å². The van der Waals surface area contributed by atoms with Crippen molar-refractivity contribution in [2.45, 2.75) is 69.0 Å². The van der Waals surface area contributed by atoms with Gasteiger partial charge in [0.2, 0.25) is 5.91 Å². The van der Waals surface area contributed by atoms with Crippen molar-refractivity contribution >= 4 is 11.9 Å². The molecule has 1 amide bonds. The Morgan fingerprint density at radius 3 is 2.59 bits per heavy atom. The molecule has 3 saturated carbocycles. The van der Waals surface area contributed by atoms with Crippen LogP contribution in [0.25, 0.3) is 0 Å². The summed E-state index contributed by atoms with van der Waals surface area (Å²) in [5.74, 6) is 1.14. The first-order chi connectivity index (χ1) is 13.1. The minimum absolute atomic E-state index is 0.0991. The number of carbonyl (C=O) groups is 1. The molecule has 0 aromatic heterocycles. The summed E-state index contributed by atoms with van der Waals surface area (Å²) >= 11 is 0. The highest BCUT2D eigenvalue weighted by atomic mass is 19.1. The molecular weight excluding hydrogens is 343 g/mol. The highest BCUT2D eigenvalue weighted by Gasteiger charge is 2.41. The van der Waals surface area contributed by atoms with E-state index in [1.807, 2.05) is 12.1 Å². The third-order valence-electron chi connectivity index (χ3n) is 5.95. The Kier molecular flexibility index (Phi) is 5.32. The number of aliphatic imine (C=N–C) groups is 1. The lowest BCUT2D eigenvalue weighted by Gasteiger charge is -2.30. The van der Waals surface area contributed by atoms with Gasteiger partial charge >= 0.3 is 0 Å². The first-order valence-electron chi connectivity index (χ1n) is 10.2. The number of nitrogens with one attached hydrogen (secondary N) is 3. The maximum Gasteiger partial charge on any atom is 0.223 e. The molecule has 3 N–H and O–H groups in total. The number of carbonyl (C=O) groups excluding carboxylic acids is 1. The fraction of sp³-hybridized carbons (Fsp3) is 0.619. The van der Waals surface area contributed by atoms with Gasteiger partial charge < -0.3 is 16.0 Å². The monoisotopic (exact) mass is 372 g/mol. The molecule has 0 bridgehead atoms. The molecule has 0 heterocycles. The van der Waals surface area contributed by atoms with Crippen LogP contribution in [-0.2, 0) is 4.79 Å². The van der Waals surface area contributed by atoms with Crippen LogP contribution in [0.2, 0.25) is 0 Å². The second-order valence-electron chi connectivity index (χ2n) is 8.17. The average molecular weight is 372 g/mol. The van der Waals surface area contributed by atoms with Gasteiger partial charge in [-0.05, 0) is 50.2 Å². The molecular formula is C21H29FN4O. The van der Waals surface area contributed by atoms with Gasteiger partial charge in [-0.1, -0.05) is 24.6 Å². The maximum absolute atomic E-state index is 13.9.